The Morgan fingerprint density at radius 3 is 2.76 bits per heavy atom. The standard InChI is InChI=1S/C13H18O3S/c1-15-10-3-4-11(12(7-10)16-2)13(14)9-5-6-17-8-9/h3-4,7,9,13-14H,5-6,8H2,1-2H3. The summed E-state index contributed by atoms with van der Waals surface area (Å²) >= 11 is 1.90. The Bertz CT molecular complexity index is 375. The molecule has 0 bridgehead atoms. The number of aliphatic hydroxyl groups excluding tert-OH is 1. The zero-order valence-corrected chi connectivity index (χ0v) is 11.0. The molecule has 0 saturated carbocycles. The maximum atomic E-state index is 10.4. The fraction of sp³-hybridized carbons (Fsp3) is 0.538. The lowest BCUT2D eigenvalue weighted by Crippen LogP contribution is -2.12. The van der Waals surface area contributed by atoms with E-state index in [0.717, 1.165) is 29.2 Å². The van der Waals surface area contributed by atoms with Gasteiger partial charge in [-0.25, -0.2) is 0 Å². The van der Waals surface area contributed by atoms with Crippen LogP contribution < -0.4 is 9.47 Å². The van der Waals surface area contributed by atoms with E-state index in [1.165, 1.54) is 0 Å². The topological polar surface area (TPSA) is 38.7 Å². The lowest BCUT2D eigenvalue weighted by molar-refractivity contribution is 0.118. The first-order valence-electron chi connectivity index (χ1n) is 5.74. The largest absolute Gasteiger partial charge is 0.497 e. The molecule has 1 aliphatic rings. The van der Waals surface area contributed by atoms with Gasteiger partial charge in [-0.2, -0.15) is 11.8 Å². The van der Waals surface area contributed by atoms with Crippen molar-refractivity contribution in [2.45, 2.75) is 12.5 Å². The molecule has 1 heterocycles. The van der Waals surface area contributed by atoms with Crippen molar-refractivity contribution in [3.05, 3.63) is 23.8 Å². The van der Waals surface area contributed by atoms with Gasteiger partial charge in [0, 0.05) is 11.6 Å². The van der Waals surface area contributed by atoms with Crippen LogP contribution >= 0.6 is 11.8 Å². The Balaban J connectivity index is 2.23. The molecule has 0 radical (unpaired) electrons. The Kier molecular flexibility index (Phi) is 4.18. The van der Waals surface area contributed by atoms with Crippen LogP contribution in [0.25, 0.3) is 0 Å². The molecule has 17 heavy (non-hydrogen) atoms. The molecular weight excluding hydrogens is 236 g/mol. The molecule has 2 unspecified atom stereocenters. The summed E-state index contributed by atoms with van der Waals surface area (Å²) in [6.45, 7) is 0. The minimum absolute atomic E-state index is 0.335. The monoisotopic (exact) mass is 254 g/mol. The Morgan fingerprint density at radius 1 is 1.35 bits per heavy atom. The van der Waals surface area contributed by atoms with E-state index in [4.69, 9.17) is 9.47 Å². The highest BCUT2D eigenvalue weighted by Crippen LogP contribution is 2.38. The average molecular weight is 254 g/mol. The van der Waals surface area contributed by atoms with Gasteiger partial charge in [0.2, 0.25) is 0 Å². The lowest BCUT2D eigenvalue weighted by Gasteiger charge is -2.20. The molecule has 2 rings (SSSR count). The van der Waals surface area contributed by atoms with Gasteiger partial charge < -0.3 is 14.6 Å². The zero-order valence-electron chi connectivity index (χ0n) is 10.2. The number of aliphatic hydroxyl groups is 1. The summed E-state index contributed by atoms with van der Waals surface area (Å²) in [7, 11) is 3.24. The third-order valence-corrected chi connectivity index (χ3v) is 4.36. The third-order valence-electron chi connectivity index (χ3n) is 3.17. The van der Waals surface area contributed by atoms with E-state index in [1.807, 2.05) is 30.0 Å². The van der Waals surface area contributed by atoms with Gasteiger partial charge in [-0.05, 0) is 36.0 Å². The van der Waals surface area contributed by atoms with E-state index in [9.17, 15) is 5.11 Å². The molecule has 0 amide bonds. The fourth-order valence-electron chi connectivity index (χ4n) is 2.12. The molecule has 1 aromatic rings. The van der Waals surface area contributed by atoms with Gasteiger partial charge in [-0.1, -0.05) is 0 Å². The number of methoxy groups -OCH3 is 2. The molecule has 1 N–H and O–H groups in total. The van der Waals surface area contributed by atoms with Crippen molar-refractivity contribution in [1.29, 1.82) is 0 Å². The number of thioether (sulfide) groups is 1. The van der Waals surface area contributed by atoms with Crippen molar-refractivity contribution in [3.63, 3.8) is 0 Å². The summed E-state index contributed by atoms with van der Waals surface area (Å²) < 4.78 is 10.5. The molecular formula is C13H18O3S. The van der Waals surface area contributed by atoms with Crippen molar-refractivity contribution in [3.8, 4) is 11.5 Å². The van der Waals surface area contributed by atoms with Gasteiger partial charge in [0.05, 0.1) is 20.3 Å². The number of benzene rings is 1. The Hall–Kier alpha value is -0.870. The summed E-state index contributed by atoms with van der Waals surface area (Å²) in [4.78, 5) is 0. The normalized spacial score (nSPS) is 21.2. The highest BCUT2D eigenvalue weighted by molar-refractivity contribution is 7.99. The van der Waals surface area contributed by atoms with Crippen LogP contribution in [0, 0.1) is 5.92 Å². The molecule has 1 saturated heterocycles. The Labute approximate surface area is 106 Å². The maximum Gasteiger partial charge on any atom is 0.128 e. The molecule has 4 heteroatoms. The summed E-state index contributed by atoms with van der Waals surface area (Å²) in [5.41, 5.74) is 0.862. The molecule has 94 valence electrons. The third kappa shape index (κ3) is 2.69. The van der Waals surface area contributed by atoms with Crippen molar-refractivity contribution in [2.75, 3.05) is 25.7 Å². The lowest BCUT2D eigenvalue weighted by atomic mass is 9.94. The van der Waals surface area contributed by atoms with Crippen molar-refractivity contribution in [1.82, 2.24) is 0 Å². The second kappa shape index (κ2) is 5.65. The molecule has 3 nitrogen and oxygen atoms in total. The molecule has 0 aromatic heterocycles. The predicted octanol–water partition coefficient (Wildman–Crippen LogP) is 2.49. The zero-order chi connectivity index (χ0) is 12.3. The van der Waals surface area contributed by atoms with E-state index in [2.05, 4.69) is 0 Å². The molecule has 1 aliphatic heterocycles. The summed E-state index contributed by atoms with van der Waals surface area (Å²) in [5.74, 6) is 3.95. The first-order valence-corrected chi connectivity index (χ1v) is 6.89. The average Bonchev–Trinajstić information content (AvgIpc) is 2.91. The summed E-state index contributed by atoms with van der Waals surface area (Å²) in [6.07, 6.45) is 0.631. The van der Waals surface area contributed by atoms with E-state index >= 15 is 0 Å². The van der Waals surface area contributed by atoms with E-state index in [-0.39, 0.29) is 0 Å². The number of rotatable bonds is 4. The quantitative estimate of drug-likeness (QED) is 0.896. The van der Waals surface area contributed by atoms with Crippen LogP contribution in [0.5, 0.6) is 11.5 Å². The Morgan fingerprint density at radius 2 is 2.18 bits per heavy atom. The van der Waals surface area contributed by atoms with Gasteiger partial charge in [-0.15, -0.1) is 0 Å². The van der Waals surface area contributed by atoms with Crippen LogP contribution in [0.2, 0.25) is 0 Å². The van der Waals surface area contributed by atoms with Gasteiger partial charge in [0.25, 0.3) is 0 Å². The van der Waals surface area contributed by atoms with Crippen LogP contribution in [0.1, 0.15) is 18.1 Å². The SMILES string of the molecule is COc1ccc(C(O)C2CCSC2)c(OC)c1. The molecule has 1 fully saturated rings. The van der Waals surface area contributed by atoms with Crippen molar-refractivity contribution in [2.24, 2.45) is 5.92 Å². The van der Waals surface area contributed by atoms with E-state index in [1.54, 1.807) is 14.2 Å². The number of hydrogen-bond acceptors (Lipinski definition) is 4. The van der Waals surface area contributed by atoms with Gasteiger partial charge in [0.15, 0.2) is 0 Å². The molecule has 0 aliphatic carbocycles. The van der Waals surface area contributed by atoms with Gasteiger partial charge in [0.1, 0.15) is 11.5 Å². The summed E-state index contributed by atoms with van der Waals surface area (Å²) in [5, 5.41) is 10.4. The maximum absolute atomic E-state index is 10.4. The van der Waals surface area contributed by atoms with E-state index < -0.39 is 6.10 Å². The second-order valence-corrected chi connectivity index (χ2v) is 5.33. The van der Waals surface area contributed by atoms with Crippen molar-refractivity contribution >= 4 is 11.8 Å². The van der Waals surface area contributed by atoms with Gasteiger partial charge >= 0.3 is 0 Å². The summed E-state index contributed by atoms with van der Waals surface area (Å²) in [6, 6.07) is 5.58. The van der Waals surface area contributed by atoms with Crippen molar-refractivity contribution < 1.29 is 14.6 Å². The number of ether oxygens (including phenoxy) is 2. The van der Waals surface area contributed by atoms with E-state index in [0.29, 0.717) is 11.7 Å². The van der Waals surface area contributed by atoms with Crippen LogP contribution in [0.15, 0.2) is 18.2 Å². The highest BCUT2D eigenvalue weighted by atomic mass is 32.2. The predicted molar refractivity (Wildman–Crippen MR) is 69.9 cm³/mol. The molecule has 0 spiro atoms. The van der Waals surface area contributed by atoms with Crippen LogP contribution in [0.3, 0.4) is 0 Å². The minimum Gasteiger partial charge on any atom is -0.497 e. The second-order valence-electron chi connectivity index (χ2n) is 4.18. The molecule has 2 atom stereocenters. The van der Waals surface area contributed by atoms with Crippen LogP contribution in [-0.2, 0) is 0 Å². The molecule has 1 aromatic carbocycles. The van der Waals surface area contributed by atoms with Crippen LogP contribution in [0.4, 0.5) is 0 Å². The smallest absolute Gasteiger partial charge is 0.128 e. The van der Waals surface area contributed by atoms with Crippen LogP contribution in [-0.4, -0.2) is 30.8 Å². The van der Waals surface area contributed by atoms with Gasteiger partial charge in [-0.3, -0.25) is 0 Å². The first-order chi connectivity index (χ1) is 8.26. The fourth-order valence-corrected chi connectivity index (χ4v) is 3.41. The minimum atomic E-state index is -0.439. The number of hydrogen-bond donors (Lipinski definition) is 1. The first kappa shape index (κ1) is 12.6. The highest BCUT2D eigenvalue weighted by Gasteiger charge is 2.27.